The largest absolute Gasteiger partial charge is 0.465 e. The van der Waals surface area contributed by atoms with Crippen LogP contribution in [0.1, 0.15) is 19.8 Å². The zero-order valence-corrected chi connectivity index (χ0v) is 13.0. The van der Waals surface area contributed by atoms with E-state index >= 15 is 0 Å². The molecule has 21 heavy (non-hydrogen) atoms. The third-order valence-corrected chi connectivity index (χ3v) is 4.03. The summed E-state index contributed by atoms with van der Waals surface area (Å²) in [7, 11) is 1.66. The third-order valence-electron chi connectivity index (χ3n) is 3.02. The number of ether oxygens (including phenoxy) is 1. The molecule has 0 N–H and O–H groups in total. The average molecular weight is 306 g/mol. The molecule has 0 aliphatic heterocycles. The van der Waals surface area contributed by atoms with Crippen LogP contribution in [0.5, 0.6) is 0 Å². The first-order valence-electron chi connectivity index (χ1n) is 6.87. The predicted molar refractivity (Wildman–Crippen MR) is 83.6 cm³/mol. The SMILES string of the molecule is CCCCOC(=O)CSc1nc2ccccc2c(=O)n1C. The van der Waals surface area contributed by atoms with Crippen molar-refractivity contribution in [2.24, 2.45) is 7.05 Å². The van der Waals surface area contributed by atoms with Gasteiger partial charge in [-0.3, -0.25) is 14.2 Å². The fraction of sp³-hybridized carbons (Fsp3) is 0.400. The maximum Gasteiger partial charge on any atom is 0.316 e. The lowest BCUT2D eigenvalue weighted by Gasteiger charge is -2.08. The van der Waals surface area contributed by atoms with Crippen molar-refractivity contribution in [2.75, 3.05) is 12.4 Å². The first-order chi connectivity index (χ1) is 10.1. The molecule has 6 heteroatoms. The van der Waals surface area contributed by atoms with E-state index in [0.717, 1.165) is 12.8 Å². The van der Waals surface area contributed by atoms with Crippen molar-refractivity contribution < 1.29 is 9.53 Å². The van der Waals surface area contributed by atoms with E-state index in [0.29, 0.717) is 22.7 Å². The molecule has 2 aromatic rings. The van der Waals surface area contributed by atoms with Gasteiger partial charge in [-0.05, 0) is 18.6 Å². The van der Waals surface area contributed by atoms with Crippen LogP contribution in [0.25, 0.3) is 10.9 Å². The van der Waals surface area contributed by atoms with Crippen molar-refractivity contribution in [1.82, 2.24) is 9.55 Å². The van der Waals surface area contributed by atoms with Crippen molar-refractivity contribution in [1.29, 1.82) is 0 Å². The molecule has 0 amide bonds. The number of hydrogen-bond acceptors (Lipinski definition) is 5. The highest BCUT2D eigenvalue weighted by atomic mass is 32.2. The molecular weight excluding hydrogens is 288 g/mol. The monoisotopic (exact) mass is 306 g/mol. The van der Waals surface area contributed by atoms with Crippen molar-refractivity contribution in [2.45, 2.75) is 24.9 Å². The highest BCUT2D eigenvalue weighted by molar-refractivity contribution is 7.99. The number of para-hydroxylation sites is 1. The Labute approximate surface area is 127 Å². The Morgan fingerprint density at radius 2 is 2.14 bits per heavy atom. The zero-order chi connectivity index (χ0) is 15.2. The summed E-state index contributed by atoms with van der Waals surface area (Å²) >= 11 is 1.22. The first kappa shape index (κ1) is 15.6. The first-order valence-corrected chi connectivity index (χ1v) is 7.86. The van der Waals surface area contributed by atoms with Crippen LogP contribution in [0.2, 0.25) is 0 Å². The van der Waals surface area contributed by atoms with Gasteiger partial charge >= 0.3 is 5.97 Å². The predicted octanol–water partition coefficient (Wildman–Crippen LogP) is 2.37. The molecule has 112 valence electrons. The molecule has 0 saturated carbocycles. The summed E-state index contributed by atoms with van der Waals surface area (Å²) in [6.45, 7) is 2.48. The fourth-order valence-electron chi connectivity index (χ4n) is 1.82. The maximum absolute atomic E-state index is 12.2. The number of benzene rings is 1. The molecule has 1 aromatic heterocycles. The van der Waals surface area contributed by atoms with Crippen LogP contribution in [-0.2, 0) is 16.6 Å². The number of aromatic nitrogens is 2. The number of fused-ring (bicyclic) bond motifs is 1. The molecular formula is C15H18N2O3S. The molecule has 0 unspecified atom stereocenters. The molecule has 0 fully saturated rings. The Bertz CT molecular complexity index is 697. The van der Waals surface area contributed by atoms with E-state index in [1.54, 1.807) is 19.2 Å². The van der Waals surface area contributed by atoms with Gasteiger partial charge in [0.2, 0.25) is 0 Å². The summed E-state index contributed by atoms with van der Waals surface area (Å²) in [4.78, 5) is 28.2. The lowest BCUT2D eigenvalue weighted by atomic mass is 10.2. The van der Waals surface area contributed by atoms with Crippen molar-refractivity contribution in [3.8, 4) is 0 Å². The summed E-state index contributed by atoms with van der Waals surface area (Å²) in [5, 5.41) is 1.10. The molecule has 0 aliphatic rings. The van der Waals surface area contributed by atoms with Gasteiger partial charge in [0.05, 0.1) is 23.3 Å². The normalized spacial score (nSPS) is 10.8. The minimum atomic E-state index is -0.282. The second-order valence-corrected chi connectivity index (χ2v) is 5.58. The van der Waals surface area contributed by atoms with Crippen LogP contribution >= 0.6 is 11.8 Å². The van der Waals surface area contributed by atoms with Gasteiger partial charge in [0.25, 0.3) is 5.56 Å². The van der Waals surface area contributed by atoms with E-state index in [1.165, 1.54) is 16.3 Å². The van der Waals surface area contributed by atoms with E-state index in [1.807, 2.05) is 19.1 Å². The van der Waals surface area contributed by atoms with E-state index in [-0.39, 0.29) is 17.3 Å². The summed E-state index contributed by atoms with van der Waals surface area (Å²) in [6.07, 6.45) is 1.85. The summed E-state index contributed by atoms with van der Waals surface area (Å²) in [5.41, 5.74) is 0.532. The topological polar surface area (TPSA) is 61.2 Å². The third kappa shape index (κ3) is 3.85. The van der Waals surface area contributed by atoms with Crippen LogP contribution in [0, 0.1) is 0 Å². The maximum atomic E-state index is 12.2. The number of carbonyl (C=O) groups excluding carboxylic acids is 1. The minimum Gasteiger partial charge on any atom is -0.465 e. The number of thioether (sulfide) groups is 1. The van der Waals surface area contributed by atoms with Crippen LogP contribution < -0.4 is 5.56 Å². The highest BCUT2D eigenvalue weighted by Gasteiger charge is 2.11. The molecule has 0 atom stereocenters. The van der Waals surface area contributed by atoms with Gasteiger partial charge in [0.15, 0.2) is 5.16 Å². The number of carbonyl (C=O) groups is 1. The number of unbranched alkanes of at least 4 members (excludes halogenated alkanes) is 1. The van der Waals surface area contributed by atoms with E-state index < -0.39 is 0 Å². The summed E-state index contributed by atoms with van der Waals surface area (Å²) in [6, 6.07) is 7.18. The van der Waals surface area contributed by atoms with Gasteiger partial charge in [0, 0.05) is 7.05 Å². The molecule has 2 rings (SSSR count). The minimum absolute atomic E-state index is 0.109. The number of rotatable bonds is 6. The van der Waals surface area contributed by atoms with Crippen molar-refractivity contribution in [3.05, 3.63) is 34.6 Å². The smallest absolute Gasteiger partial charge is 0.316 e. The van der Waals surface area contributed by atoms with E-state index in [9.17, 15) is 9.59 Å². The Morgan fingerprint density at radius 1 is 1.38 bits per heavy atom. The van der Waals surface area contributed by atoms with Gasteiger partial charge in [-0.1, -0.05) is 37.2 Å². The lowest BCUT2D eigenvalue weighted by molar-refractivity contribution is -0.140. The Kier molecular flexibility index (Phi) is 5.38. The van der Waals surface area contributed by atoms with Crippen molar-refractivity contribution >= 4 is 28.6 Å². The molecule has 5 nitrogen and oxygen atoms in total. The zero-order valence-electron chi connectivity index (χ0n) is 12.2. The van der Waals surface area contributed by atoms with Crippen LogP contribution in [0.4, 0.5) is 0 Å². The molecule has 1 heterocycles. The Balaban J connectivity index is 2.10. The Hall–Kier alpha value is -1.82. The molecule has 0 bridgehead atoms. The fourth-order valence-corrected chi connectivity index (χ4v) is 2.59. The van der Waals surface area contributed by atoms with Gasteiger partial charge in [-0.25, -0.2) is 4.98 Å². The highest BCUT2D eigenvalue weighted by Crippen LogP contribution is 2.16. The number of nitrogens with zero attached hydrogens (tertiary/aromatic N) is 2. The van der Waals surface area contributed by atoms with Crippen LogP contribution in [-0.4, -0.2) is 27.9 Å². The molecule has 1 aromatic carbocycles. The van der Waals surface area contributed by atoms with Crippen LogP contribution in [0.3, 0.4) is 0 Å². The second kappa shape index (κ2) is 7.26. The summed E-state index contributed by atoms with van der Waals surface area (Å²) < 4.78 is 6.55. The van der Waals surface area contributed by atoms with Gasteiger partial charge < -0.3 is 4.74 Å². The van der Waals surface area contributed by atoms with Gasteiger partial charge in [-0.2, -0.15) is 0 Å². The van der Waals surface area contributed by atoms with Crippen LogP contribution in [0.15, 0.2) is 34.2 Å². The second-order valence-electron chi connectivity index (χ2n) is 4.64. The lowest BCUT2D eigenvalue weighted by Crippen LogP contribution is -2.20. The molecule has 0 saturated heterocycles. The quantitative estimate of drug-likeness (QED) is 0.355. The molecule has 0 aliphatic carbocycles. The Morgan fingerprint density at radius 3 is 2.90 bits per heavy atom. The molecule has 0 radical (unpaired) electrons. The van der Waals surface area contributed by atoms with Crippen molar-refractivity contribution in [3.63, 3.8) is 0 Å². The van der Waals surface area contributed by atoms with Gasteiger partial charge in [-0.15, -0.1) is 0 Å². The average Bonchev–Trinajstić information content (AvgIpc) is 2.50. The number of hydrogen-bond donors (Lipinski definition) is 0. The standard InChI is InChI=1S/C15H18N2O3S/c1-3-4-9-20-13(18)10-21-15-16-12-8-6-5-7-11(12)14(19)17(15)2/h5-8H,3-4,9-10H2,1-2H3. The summed E-state index contributed by atoms with van der Waals surface area (Å²) in [5.74, 6) is -0.127. The molecule has 0 spiro atoms. The van der Waals surface area contributed by atoms with E-state index in [4.69, 9.17) is 4.74 Å². The van der Waals surface area contributed by atoms with E-state index in [2.05, 4.69) is 4.98 Å². The number of esters is 1. The van der Waals surface area contributed by atoms with Gasteiger partial charge in [0.1, 0.15) is 0 Å².